The fraction of sp³-hybridized carbons (Fsp3) is 0.125. The predicted octanol–water partition coefficient (Wildman–Crippen LogP) is 2.12. The Balaban J connectivity index is 1.65. The summed E-state index contributed by atoms with van der Waals surface area (Å²) in [5.74, 6) is -0.130. The number of benzene rings is 1. The van der Waals surface area contributed by atoms with Gasteiger partial charge in [0.15, 0.2) is 0 Å². The first-order valence-electron chi connectivity index (χ1n) is 6.78. The van der Waals surface area contributed by atoms with Gasteiger partial charge in [0.25, 0.3) is 5.91 Å². The summed E-state index contributed by atoms with van der Waals surface area (Å²) >= 11 is 0. The van der Waals surface area contributed by atoms with Crippen LogP contribution in [0.5, 0.6) is 0 Å². The van der Waals surface area contributed by atoms with E-state index in [1.165, 1.54) is 0 Å². The number of hydrogen-bond acceptors (Lipinski definition) is 3. The van der Waals surface area contributed by atoms with E-state index in [1.54, 1.807) is 12.4 Å². The van der Waals surface area contributed by atoms with Gasteiger partial charge in [0.1, 0.15) is 5.69 Å². The SMILES string of the molecule is Nc1cccc2cc(C(=O)NCCc3cccnc3)[nH]c12. The van der Waals surface area contributed by atoms with E-state index in [1.807, 2.05) is 36.4 Å². The van der Waals surface area contributed by atoms with Gasteiger partial charge in [-0.05, 0) is 30.2 Å². The van der Waals surface area contributed by atoms with Crippen molar-refractivity contribution in [2.24, 2.45) is 0 Å². The second-order valence-electron chi connectivity index (χ2n) is 4.86. The van der Waals surface area contributed by atoms with Crippen molar-refractivity contribution in [3.05, 3.63) is 60.0 Å². The number of amides is 1. The molecule has 4 N–H and O–H groups in total. The maximum absolute atomic E-state index is 12.1. The number of carbonyl (C=O) groups is 1. The zero-order valence-electron chi connectivity index (χ0n) is 11.5. The maximum Gasteiger partial charge on any atom is 0.267 e. The summed E-state index contributed by atoms with van der Waals surface area (Å²) in [6, 6.07) is 11.3. The Hall–Kier alpha value is -2.82. The molecule has 0 bridgehead atoms. The Morgan fingerprint density at radius 1 is 1.29 bits per heavy atom. The fourth-order valence-corrected chi connectivity index (χ4v) is 2.26. The highest BCUT2D eigenvalue weighted by Gasteiger charge is 2.10. The number of H-pyrrole nitrogens is 1. The molecule has 106 valence electrons. The van der Waals surface area contributed by atoms with Gasteiger partial charge in [-0.25, -0.2) is 0 Å². The summed E-state index contributed by atoms with van der Waals surface area (Å²) in [5, 5.41) is 3.83. The molecule has 5 heteroatoms. The topological polar surface area (TPSA) is 83.8 Å². The van der Waals surface area contributed by atoms with Crippen molar-refractivity contribution < 1.29 is 4.79 Å². The van der Waals surface area contributed by atoms with Crippen LogP contribution in [0.2, 0.25) is 0 Å². The van der Waals surface area contributed by atoms with Crippen molar-refractivity contribution in [1.82, 2.24) is 15.3 Å². The molecule has 2 aromatic heterocycles. The molecular weight excluding hydrogens is 264 g/mol. The molecule has 0 aliphatic heterocycles. The van der Waals surface area contributed by atoms with Crippen LogP contribution in [0.25, 0.3) is 10.9 Å². The molecule has 1 aromatic carbocycles. The third kappa shape index (κ3) is 2.86. The molecule has 0 spiro atoms. The molecule has 3 rings (SSSR count). The van der Waals surface area contributed by atoms with Gasteiger partial charge in [0, 0.05) is 24.3 Å². The zero-order chi connectivity index (χ0) is 14.7. The van der Waals surface area contributed by atoms with E-state index in [9.17, 15) is 4.79 Å². The van der Waals surface area contributed by atoms with Crippen LogP contribution < -0.4 is 11.1 Å². The second-order valence-corrected chi connectivity index (χ2v) is 4.86. The van der Waals surface area contributed by atoms with Crippen LogP contribution in [0.3, 0.4) is 0 Å². The second kappa shape index (κ2) is 5.66. The largest absolute Gasteiger partial charge is 0.397 e. The molecular formula is C16H16N4O. The van der Waals surface area contributed by atoms with Gasteiger partial charge in [0.2, 0.25) is 0 Å². The van der Waals surface area contributed by atoms with Crippen LogP contribution in [0, 0.1) is 0 Å². The Morgan fingerprint density at radius 2 is 2.19 bits per heavy atom. The number of anilines is 1. The highest BCUT2D eigenvalue weighted by atomic mass is 16.1. The average Bonchev–Trinajstić information content (AvgIpc) is 2.94. The number of nitrogen functional groups attached to an aromatic ring is 1. The van der Waals surface area contributed by atoms with Gasteiger partial charge in [-0.3, -0.25) is 9.78 Å². The van der Waals surface area contributed by atoms with Gasteiger partial charge in [-0.1, -0.05) is 18.2 Å². The van der Waals surface area contributed by atoms with Crippen LogP contribution in [-0.4, -0.2) is 22.4 Å². The number of hydrogen-bond donors (Lipinski definition) is 3. The van der Waals surface area contributed by atoms with Gasteiger partial charge in [-0.15, -0.1) is 0 Å². The first-order valence-corrected chi connectivity index (χ1v) is 6.78. The lowest BCUT2D eigenvalue weighted by Crippen LogP contribution is -2.25. The molecule has 0 atom stereocenters. The lowest BCUT2D eigenvalue weighted by molar-refractivity contribution is 0.0950. The molecule has 0 aliphatic rings. The van der Waals surface area contributed by atoms with Crippen molar-refractivity contribution in [3.63, 3.8) is 0 Å². The van der Waals surface area contributed by atoms with E-state index >= 15 is 0 Å². The number of para-hydroxylation sites is 1. The molecule has 0 unspecified atom stereocenters. The monoisotopic (exact) mass is 280 g/mol. The summed E-state index contributed by atoms with van der Waals surface area (Å²) in [6.45, 7) is 0.565. The van der Waals surface area contributed by atoms with Crippen LogP contribution in [-0.2, 0) is 6.42 Å². The zero-order valence-corrected chi connectivity index (χ0v) is 11.5. The van der Waals surface area contributed by atoms with Gasteiger partial charge >= 0.3 is 0 Å². The van der Waals surface area contributed by atoms with Crippen LogP contribution in [0.4, 0.5) is 5.69 Å². The third-order valence-corrected chi connectivity index (χ3v) is 3.36. The fourth-order valence-electron chi connectivity index (χ4n) is 2.26. The van der Waals surface area contributed by atoms with E-state index in [2.05, 4.69) is 15.3 Å². The van der Waals surface area contributed by atoms with Crippen molar-refractivity contribution in [3.8, 4) is 0 Å². The van der Waals surface area contributed by atoms with E-state index < -0.39 is 0 Å². The third-order valence-electron chi connectivity index (χ3n) is 3.36. The molecule has 2 heterocycles. The number of nitrogens with two attached hydrogens (primary N) is 1. The first-order chi connectivity index (χ1) is 10.2. The van der Waals surface area contributed by atoms with Gasteiger partial charge in [0.05, 0.1) is 11.2 Å². The van der Waals surface area contributed by atoms with Crippen molar-refractivity contribution in [1.29, 1.82) is 0 Å². The quantitative estimate of drug-likeness (QED) is 0.640. The number of nitrogens with one attached hydrogen (secondary N) is 2. The highest BCUT2D eigenvalue weighted by molar-refractivity contribution is 6.00. The molecule has 1 amide bonds. The molecule has 21 heavy (non-hydrogen) atoms. The van der Waals surface area contributed by atoms with Crippen LogP contribution in [0.15, 0.2) is 48.8 Å². The van der Waals surface area contributed by atoms with E-state index in [0.29, 0.717) is 17.9 Å². The summed E-state index contributed by atoms with van der Waals surface area (Å²) in [5.41, 5.74) is 8.94. The van der Waals surface area contributed by atoms with Crippen LogP contribution in [0.1, 0.15) is 16.1 Å². The summed E-state index contributed by atoms with van der Waals surface area (Å²) in [6.07, 6.45) is 4.29. The standard InChI is InChI=1S/C16H16N4O/c17-13-5-1-4-12-9-14(20-15(12)13)16(21)19-8-6-11-3-2-7-18-10-11/h1-5,7,9-10,20H,6,8,17H2,(H,19,21). The minimum atomic E-state index is -0.130. The number of fused-ring (bicyclic) bond motifs is 1. The Labute approximate surface area is 122 Å². The molecule has 0 saturated carbocycles. The van der Waals surface area contributed by atoms with Crippen molar-refractivity contribution >= 4 is 22.5 Å². The normalized spacial score (nSPS) is 10.7. The number of aromatic nitrogens is 2. The van der Waals surface area contributed by atoms with Crippen molar-refractivity contribution in [2.45, 2.75) is 6.42 Å². The smallest absolute Gasteiger partial charge is 0.267 e. The van der Waals surface area contributed by atoms with E-state index in [4.69, 9.17) is 5.73 Å². The summed E-state index contributed by atoms with van der Waals surface area (Å²) in [7, 11) is 0. The minimum absolute atomic E-state index is 0.130. The number of carbonyl (C=O) groups excluding carboxylic acids is 1. The molecule has 3 aromatic rings. The Bertz CT molecular complexity index is 764. The van der Waals surface area contributed by atoms with E-state index in [0.717, 1.165) is 22.9 Å². The highest BCUT2D eigenvalue weighted by Crippen LogP contribution is 2.20. The Kier molecular flexibility index (Phi) is 3.55. The number of nitrogens with zero attached hydrogens (tertiary/aromatic N) is 1. The lowest BCUT2D eigenvalue weighted by Gasteiger charge is -2.03. The molecule has 0 fully saturated rings. The first kappa shape index (κ1) is 13.2. The lowest BCUT2D eigenvalue weighted by atomic mass is 10.2. The maximum atomic E-state index is 12.1. The molecule has 0 aliphatic carbocycles. The minimum Gasteiger partial charge on any atom is -0.397 e. The molecule has 0 radical (unpaired) electrons. The van der Waals surface area contributed by atoms with Gasteiger partial charge in [-0.2, -0.15) is 0 Å². The van der Waals surface area contributed by atoms with E-state index in [-0.39, 0.29) is 5.91 Å². The van der Waals surface area contributed by atoms with Gasteiger partial charge < -0.3 is 16.0 Å². The number of rotatable bonds is 4. The number of pyridine rings is 1. The average molecular weight is 280 g/mol. The summed E-state index contributed by atoms with van der Waals surface area (Å²) < 4.78 is 0. The van der Waals surface area contributed by atoms with Crippen molar-refractivity contribution in [2.75, 3.05) is 12.3 Å². The predicted molar refractivity (Wildman–Crippen MR) is 83.0 cm³/mol. The summed E-state index contributed by atoms with van der Waals surface area (Å²) in [4.78, 5) is 19.2. The Morgan fingerprint density at radius 3 is 2.95 bits per heavy atom. The molecule has 5 nitrogen and oxygen atoms in total. The number of aromatic amines is 1. The van der Waals surface area contributed by atoms with Crippen LogP contribution >= 0.6 is 0 Å². The molecule has 0 saturated heterocycles.